The fourth-order valence-electron chi connectivity index (χ4n) is 2.77. The molecule has 2 heterocycles. The van der Waals surface area contributed by atoms with E-state index >= 15 is 0 Å². The third kappa shape index (κ3) is 3.37. The molecular weight excluding hydrogens is 258 g/mol. The van der Waals surface area contributed by atoms with Crippen LogP contribution in [0.1, 0.15) is 19.0 Å². The van der Waals surface area contributed by atoms with Crippen LogP contribution in [0.25, 0.3) is 0 Å². The van der Waals surface area contributed by atoms with Crippen LogP contribution in [0.2, 0.25) is 0 Å². The number of carboxylic acids is 1. The monoisotopic (exact) mass is 281 g/mol. The third-order valence-electron chi connectivity index (χ3n) is 3.93. The van der Waals surface area contributed by atoms with Gasteiger partial charge < -0.3 is 9.84 Å². The molecule has 0 spiro atoms. The van der Waals surface area contributed by atoms with Crippen LogP contribution in [0.15, 0.2) is 12.3 Å². The highest BCUT2D eigenvalue weighted by Gasteiger charge is 2.37. The first-order valence-corrected chi connectivity index (χ1v) is 7.15. The minimum absolute atomic E-state index is 0.0133. The van der Waals surface area contributed by atoms with Crippen molar-refractivity contribution in [2.24, 2.45) is 13.0 Å². The van der Waals surface area contributed by atoms with Crippen molar-refractivity contribution in [3.05, 3.63) is 18.0 Å². The SMILES string of the molecule is CCCN(CCc1ccnn1C)C1COCC1C(=O)O. The number of aliphatic carboxylic acids is 1. The Morgan fingerprint density at radius 3 is 2.95 bits per heavy atom. The lowest BCUT2D eigenvalue weighted by atomic mass is 10.0. The van der Waals surface area contributed by atoms with E-state index in [4.69, 9.17) is 4.74 Å². The number of aryl methyl sites for hydroxylation is 1. The van der Waals surface area contributed by atoms with Gasteiger partial charge >= 0.3 is 5.97 Å². The maximum atomic E-state index is 11.3. The number of aromatic nitrogens is 2. The lowest BCUT2D eigenvalue weighted by molar-refractivity contribution is -0.143. The molecule has 1 fully saturated rings. The maximum absolute atomic E-state index is 11.3. The summed E-state index contributed by atoms with van der Waals surface area (Å²) in [5, 5.41) is 13.4. The zero-order chi connectivity index (χ0) is 14.5. The number of rotatable bonds is 7. The summed E-state index contributed by atoms with van der Waals surface area (Å²) in [7, 11) is 1.93. The molecule has 112 valence electrons. The zero-order valence-electron chi connectivity index (χ0n) is 12.2. The summed E-state index contributed by atoms with van der Waals surface area (Å²) >= 11 is 0. The topological polar surface area (TPSA) is 67.6 Å². The van der Waals surface area contributed by atoms with E-state index < -0.39 is 11.9 Å². The predicted molar refractivity (Wildman–Crippen MR) is 74.5 cm³/mol. The van der Waals surface area contributed by atoms with Crippen molar-refractivity contribution in [3.8, 4) is 0 Å². The van der Waals surface area contributed by atoms with Crippen molar-refractivity contribution < 1.29 is 14.6 Å². The van der Waals surface area contributed by atoms with Gasteiger partial charge in [-0.15, -0.1) is 0 Å². The molecule has 0 aromatic carbocycles. The molecular formula is C14H23N3O3. The molecule has 2 unspecified atom stereocenters. The number of carbonyl (C=O) groups is 1. The van der Waals surface area contributed by atoms with Gasteiger partial charge in [-0.05, 0) is 19.0 Å². The second-order valence-corrected chi connectivity index (χ2v) is 5.28. The standard InChI is InChI=1S/C14H23N3O3/c1-3-7-17(8-5-11-4-6-15-16(11)2)13-10-20-9-12(13)14(18)19/h4,6,12-13H,3,5,7-10H2,1-2H3,(H,18,19). The minimum atomic E-state index is -0.755. The van der Waals surface area contributed by atoms with E-state index in [1.54, 1.807) is 6.20 Å². The van der Waals surface area contributed by atoms with Crippen LogP contribution in [0.4, 0.5) is 0 Å². The quantitative estimate of drug-likeness (QED) is 0.800. The molecule has 0 saturated carbocycles. The van der Waals surface area contributed by atoms with E-state index in [1.165, 1.54) is 0 Å². The van der Waals surface area contributed by atoms with E-state index in [9.17, 15) is 9.90 Å². The van der Waals surface area contributed by atoms with Gasteiger partial charge in [0.05, 0.1) is 19.1 Å². The van der Waals surface area contributed by atoms with Gasteiger partial charge in [-0.2, -0.15) is 5.10 Å². The van der Waals surface area contributed by atoms with Gasteiger partial charge in [0.2, 0.25) is 0 Å². The molecule has 1 aromatic heterocycles. The fraction of sp³-hybridized carbons (Fsp3) is 0.714. The molecule has 1 N–H and O–H groups in total. The molecule has 0 radical (unpaired) electrons. The maximum Gasteiger partial charge on any atom is 0.310 e. The molecule has 0 bridgehead atoms. The fourth-order valence-corrected chi connectivity index (χ4v) is 2.77. The molecule has 20 heavy (non-hydrogen) atoms. The zero-order valence-corrected chi connectivity index (χ0v) is 12.2. The molecule has 0 aliphatic carbocycles. The van der Waals surface area contributed by atoms with Gasteiger partial charge in [-0.1, -0.05) is 6.92 Å². The Kier molecular flexibility index (Phi) is 5.14. The highest BCUT2D eigenvalue weighted by atomic mass is 16.5. The number of ether oxygens (including phenoxy) is 1. The summed E-state index contributed by atoms with van der Waals surface area (Å²) in [6, 6.07) is 1.99. The molecule has 1 aromatic rings. The minimum Gasteiger partial charge on any atom is -0.481 e. The highest BCUT2D eigenvalue weighted by Crippen LogP contribution is 2.20. The van der Waals surface area contributed by atoms with Crippen LogP contribution in [0.3, 0.4) is 0 Å². The van der Waals surface area contributed by atoms with Gasteiger partial charge in [-0.3, -0.25) is 14.4 Å². The summed E-state index contributed by atoms with van der Waals surface area (Å²) < 4.78 is 7.24. The molecule has 1 aliphatic rings. The normalized spacial score (nSPS) is 22.6. The van der Waals surface area contributed by atoms with Crippen LogP contribution in [0, 0.1) is 5.92 Å². The molecule has 1 aliphatic heterocycles. The molecule has 0 amide bonds. The lowest BCUT2D eigenvalue weighted by Gasteiger charge is -2.30. The second kappa shape index (κ2) is 6.85. The first-order chi connectivity index (χ1) is 9.63. The van der Waals surface area contributed by atoms with Crippen molar-refractivity contribution in [2.45, 2.75) is 25.8 Å². The van der Waals surface area contributed by atoms with E-state index in [0.717, 1.165) is 31.6 Å². The van der Waals surface area contributed by atoms with Crippen LogP contribution in [-0.2, 0) is 23.0 Å². The number of nitrogens with zero attached hydrogens (tertiary/aromatic N) is 3. The number of hydrogen-bond acceptors (Lipinski definition) is 4. The smallest absolute Gasteiger partial charge is 0.310 e. The van der Waals surface area contributed by atoms with E-state index in [-0.39, 0.29) is 6.04 Å². The predicted octanol–water partition coefficient (Wildman–Crippen LogP) is 0.774. The molecule has 2 rings (SSSR count). The largest absolute Gasteiger partial charge is 0.481 e. The number of hydrogen-bond donors (Lipinski definition) is 1. The molecule has 2 atom stereocenters. The Morgan fingerprint density at radius 2 is 2.35 bits per heavy atom. The van der Waals surface area contributed by atoms with Crippen LogP contribution in [0.5, 0.6) is 0 Å². The molecule has 6 nitrogen and oxygen atoms in total. The van der Waals surface area contributed by atoms with Gasteiger partial charge in [-0.25, -0.2) is 0 Å². The van der Waals surface area contributed by atoms with Gasteiger partial charge in [0.25, 0.3) is 0 Å². The average Bonchev–Trinajstić information content (AvgIpc) is 3.03. The first-order valence-electron chi connectivity index (χ1n) is 7.15. The first kappa shape index (κ1) is 15.0. The molecule has 1 saturated heterocycles. The lowest BCUT2D eigenvalue weighted by Crippen LogP contribution is -2.44. The van der Waals surface area contributed by atoms with Gasteiger partial charge in [0.1, 0.15) is 0 Å². The second-order valence-electron chi connectivity index (χ2n) is 5.28. The summed E-state index contributed by atoms with van der Waals surface area (Å²) in [4.78, 5) is 13.5. The Hall–Kier alpha value is -1.40. The Morgan fingerprint density at radius 1 is 1.55 bits per heavy atom. The van der Waals surface area contributed by atoms with E-state index in [0.29, 0.717) is 13.2 Å². The van der Waals surface area contributed by atoms with Gasteiger partial charge in [0, 0.05) is 37.9 Å². The van der Waals surface area contributed by atoms with Crippen LogP contribution in [-0.4, -0.2) is 58.1 Å². The van der Waals surface area contributed by atoms with Crippen molar-refractivity contribution in [3.63, 3.8) is 0 Å². The summed E-state index contributed by atoms with van der Waals surface area (Å²) in [6.07, 6.45) is 3.67. The molecule has 6 heteroatoms. The highest BCUT2D eigenvalue weighted by molar-refractivity contribution is 5.71. The summed E-state index contributed by atoms with van der Waals surface area (Å²) in [5.41, 5.74) is 1.16. The Bertz CT molecular complexity index is 447. The average molecular weight is 281 g/mol. The third-order valence-corrected chi connectivity index (χ3v) is 3.93. The van der Waals surface area contributed by atoms with Crippen LogP contribution >= 0.6 is 0 Å². The van der Waals surface area contributed by atoms with E-state index in [2.05, 4.69) is 16.9 Å². The van der Waals surface area contributed by atoms with Crippen LogP contribution < -0.4 is 0 Å². The van der Waals surface area contributed by atoms with Crippen molar-refractivity contribution in [2.75, 3.05) is 26.3 Å². The van der Waals surface area contributed by atoms with Gasteiger partial charge in [0.15, 0.2) is 0 Å². The van der Waals surface area contributed by atoms with Crippen molar-refractivity contribution in [1.29, 1.82) is 0 Å². The Labute approximate surface area is 119 Å². The number of carboxylic acid groups (broad SMARTS) is 1. The summed E-state index contributed by atoms with van der Waals surface area (Å²) in [6.45, 7) is 4.69. The Balaban J connectivity index is 1.99. The van der Waals surface area contributed by atoms with Crippen molar-refractivity contribution >= 4 is 5.97 Å². The van der Waals surface area contributed by atoms with E-state index in [1.807, 2.05) is 17.8 Å². The summed E-state index contributed by atoms with van der Waals surface area (Å²) in [5.74, 6) is -1.16. The van der Waals surface area contributed by atoms with Crippen molar-refractivity contribution in [1.82, 2.24) is 14.7 Å².